The van der Waals surface area contributed by atoms with Crippen molar-refractivity contribution in [2.75, 3.05) is 0 Å². The molecular weight excluding hydrogens is 288 g/mol. The van der Waals surface area contributed by atoms with Crippen molar-refractivity contribution in [3.8, 4) is 11.3 Å². The van der Waals surface area contributed by atoms with Gasteiger partial charge in [0, 0.05) is 12.0 Å². The summed E-state index contributed by atoms with van der Waals surface area (Å²) in [5.41, 5.74) is 4.67. The highest BCUT2D eigenvalue weighted by molar-refractivity contribution is 9.10. The molecule has 0 aliphatic carbocycles. The number of hydrogen-bond acceptors (Lipinski definition) is 2. The Bertz CT molecular complexity index is 544. The Hall–Kier alpha value is -1.22. The Labute approximate surface area is 117 Å². The van der Waals surface area contributed by atoms with Crippen molar-refractivity contribution in [2.45, 2.75) is 33.6 Å². The topological polar surface area (TPSA) is 25.8 Å². The first-order valence-corrected chi connectivity index (χ1v) is 7.00. The Morgan fingerprint density at radius 3 is 2.28 bits per heavy atom. The molecule has 0 radical (unpaired) electrons. The first-order valence-electron chi connectivity index (χ1n) is 6.20. The van der Waals surface area contributed by atoms with E-state index < -0.39 is 0 Å². The average molecular weight is 305 g/mol. The zero-order valence-corrected chi connectivity index (χ0v) is 12.6. The molecule has 0 amide bonds. The summed E-state index contributed by atoms with van der Waals surface area (Å²) >= 11 is 3.47. The zero-order valence-electron chi connectivity index (χ0n) is 11.0. The third kappa shape index (κ3) is 3.16. The summed E-state index contributed by atoms with van der Waals surface area (Å²) in [7, 11) is 0. The van der Waals surface area contributed by atoms with Crippen LogP contribution in [0.5, 0.6) is 0 Å². The molecule has 0 fully saturated rings. The molecule has 2 nitrogen and oxygen atoms in total. The van der Waals surface area contributed by atoms with Crippen molar-refractivity contribution < 1.29 is 0 Å². The van der Waals surface area contributed by atoms with Crippen molar-refractivity contribution in [3.05, 3.63) is 45.8 Å². The van der Waals surface area contributed by atoms with E-state index in [1.807, 2.05) is 6.07 Å². The molecule has 0 aliphatic heterocycles. The largest absolute Gasteiger partial charge is 0.233 e. The third-order valence-corrected chi connectivity index (χ3v) is 3.14. The first kappa shape index (κ1) is 13.2. The number of halogens is 1. The van der Waals surface area contributed by atoms with Crippen LogP contribution in [-0.4, -0.2) is 9.97 Å². The molecule has 0 N–H and O–H groups in total. The molecule has 0 saturated carbocycles. The number of hydrogen-bond donors (Lipinski definition) is 0. The smallest absolute Gasteiger partial charge is 0.130 e. The molecule has 94 valence electrons. The lowest BCUT2D eigenvalue weighted by Gasteiger charge is -2.07. The monoisotopic (exact) mass is 304 g/mol. The van der Waals surface area contributed by atoms with Crippen LogP contribution < -0.4 is 0 Å². The Morgan fingerprint density at radius 2 is 1.67 bits per heavy atom. The first-order chi connectivity index (χ1) is 8.58. The summed E-state index contributed by atoms with van der Waals surface area (Å²) in [6, 6.07) is 8.48. The van der Waals surface area contributed by atoms with Gasteiger partial charge < -0.3 is 0 Å². The molecule has 2 aromatic rings. The van der Waals surface area contributed by atoms with Crippen LogP contribution in [-0.2, 0) is 6.42 Å². The lowest BCUT2D eigenvalue weighted by Crippen LogP contribution is -1.97. The standard InChI is InChI=1S/C15H17BrN2/c1-4-5-15-17-13(9-14(16)18-15)12-7-10(2)6-11(3)8-12/h6-9H,4-5H2,1-3H3. The Kier molecular flexibility index (Phi) is 4.12. The van der Waals surface area contributed by atoms with Crippen LogP contribution in [0.3, 0.4) is 0 Å². The maximum atomic E-state index is 4.63. The van der Waals surface area contributed by atoms with Gasteiger partial charge in [0.25, 0.3) is 0 Å². The average Bonchev–Trinajstić information content (AvgIpc) is 2.27. The minimum absolute atomic E-state index is 0.857. The van der Waals surface area contributed by atoms with Gasteiger partial charge >= 0.3 is 0 Å². The molecule has 1 aromatic heterocycles. The van der Waals surface area contributed by atoms with E-state index in [0.717, 1.165) is 34.5 Å². The molecule has 2 rings (SSSR count). The van der Waals surface area contributed by atoms with E-state index in [1.165, 1.54) is 11.1 Å². The zero-order chi connectivity index (χ0) is 13.1. The molecule has 0 spiro atoms. The summed E-state index contributed by atoms with van der Waals surface area (Å²) in [5, 5.41) is 0. The van der Waals surface area contributed by atoms with Crippen molar-refractivity contribution in [1.82, 2.24) is 9.97 Å². The van der Waals surface area contributed by atoms with Crippen LogP contribution in [0.25, 0.3) is 11.3 Å². The molecule has 0 atom stereocenters. The molecule has 0 bridgehead atoms. The van der Waals surface area contributed by atoms with Gasteiger partial charge in [0.2, 0.25) is 0 Å². The molecule has 3 heteroatoms. The Morgan fingerprint density at radius 1 is 1.00 bits per heavy atom. The van der Waals surface area contributed by atoms with E-state index in [9.17, 15) is 0 Å². The highest BCUT2D eigenvalue weighted by Gasteiger charge is 2.06. The molecule has 0 saturated heterocycles. The van der Waals surface area contributed by atoms with Crippen LogP contribution in [0.1, 0.15) is 30.3 Å². The molecule has 0 unspecified atom stereocenters. The van der Waals surface area contributed by atoms with E-state index in [1.54, 1.807) is 0 Å². The lowest BCUT2D eigenvalue weighted by molar-refractivity contribution is 0.831. The van der Waals surface area contributed by atoms with E-state index >= 15 is 0 Å². The molecule has 1 heterocycles. The van der Waals surface area contributed by atoms with E-state index in [0.29, 0.717) is 0 Å². The van der Waals surface area contributed by atoms with Crippen LogP contribution in [0.4, 0.5) is 0 Å². The fourth-order valence-corrected chi connectivity index (χ4v) is 2.49. The quantitative estimate of drug-likeness (QED) is 0.782. The van der Waals surface area contributed by atoms with Crippen molar-refractivity contribution >= 4 is 15.9 Å². The van der Waals surface area contributed by atoms with Crippen molar-refractivity contribution in [2.24, 2.45) is 0 Å². The third-order valence-electron chi connectivity index (χ3n) is 2.73. The van der Waals surface area contributed by atoms with Crippen molar-refractivity contribution in [1.29, 1.82) is 0 Å². The fraction of sp³-hybridized carbons (Fsp3) is 0.333. The van der Waals surface area contributed by atoms with Crippen LogP contribution >= 0.6 is 15.9 Å². The SMILES string of the molecule is CCCc1nc(Br)cc(-c2cc(C)cc(C)c2)n1. The maximum Gasteiger partial charge on any atom is 0.130 e. The van der Waals surface area contributed by atoms with E-state index in [4.69, 9.17) is 0 Å². The van der Waals surface area contributed by atoms with Gasteiger partial charge in [-0.05, 0) is 54.4 Å². The molecule has 0 aliphatic rings. The number of rotatable bonds is 3. The number of nitrogens with zero attached hydrogens (tertiary/aromatic N) is 2. The Balaban J connectivity index is 2.49. The van der Waals surface area contributed by atoms with Crippen LogP contribution in [0.2, 0.25) is 0 Å². The number of aryl methyl sites for hydroxylation is 3. The summed E-state index contributed by atoms with van der Waals surface area (Å²) in [6.07, 6.45) is 1.97. The predicted molar refractivity (Wildman–Crippen MR) is 78.6 cm³/mol. The summed E-state index contributed by atoms with van der Waals surface area (Å²) in [6.45, 7) is 6.36. The highest BCUT2D eigenvalue weighted by atomic mass is 79.9. The second-order valence-corrected chi connectivity index (χ2v) is 5.43. The molecule has 18 heavy (non-hydrogen) atoms. The van der Waals surface area contributed by atoms with Gasteiger partial charge in [0.1, 0.15) is 10.4 Å². The highest BCUT2D eigenvalue weighted by Crippen LogP contribution is 2.23. The normalized spacial score (nSPS) is 10.7. The number of benzene rings is 1. The van der Waals surface area contributed by atoms with Crippen LogP contribution in [0, 0.1) is 13.8 Å². The number of aromatic nitrogens is 2. The lowest BCUT2D eigenvalue weighted by atomic mass is 10.0. The maximum absolute atomic E-state index is 4.63. The molecule has 1 aromatic carbocycles. The second-order valence-electron chi connectivity index (χ2n) is 4.62. The predicted octanol–water partition coefficient (Wildman–Crippen LogP) is 4.48. The van der Waals surface area contributed by atoms with Gasteiger partial charge in [0.15, 0.2) is 0 Å². The van der Waals surface area contributed by atoms with Crippen LogP contribution in [0.15, 0.2) is 28.9 Å². The second kappa shape index (κ2) is 5.61. The summed E-state index contributed by atoms with van der Waals surface area (Å²) < 4.78 is 0.857. The van der Waals surface area contributed by atoms with Gasteiger partial charge in [0.05, 0.1) is 5.69 Å². The van der Waals surface area contributed by atoms with Gasteiger partial charge in [-0.1, -0.05) is 24.1 Å². The van der Waals surface area contributed by atoms with E-state index in [2.05, 4.69) is 64.9 Å². The minimum Gasteiger partial charge on any atom is -0.233 e. The van der Waals surface area contributed by atoms with Gasteiger partial charge in [-0.3, -0.25) is 0 Å². The minimum atomic E-state index is 0.857. The van der Waals surface area contributed by atoms with E-state index in [-0.39, 0.29) is 0 Å². The van der Waals surface area contributed by atoms with Crippen molar-refractivity contribution in [3.63, 3.8) is 0 Å². The summed E-state index contributed by atoms with van der Waals surface area (Å²) in [5.74, 6) is 0.904. The van der Waals surface area contributed by atoms with Gasteiger partial charge in [-0.15, -0.1) is 0 Å². The van der Waals surface area contributed by atoms with Gasteiger partial charge in [-0.25, -0.2) is 9.97 Å². The summed E-state index contributed by atoms with van der Waals surface area (Å²) in [4.78, 5) is 9.03. The fourth-order valence-electron chi connectivity index (χ4n) is 2.07. The van der Waals surface area contributed by atoms with Gasteiger partial charge in [-0.2, -0.15) is 0 Å². The molecular formula is C15H17BrN2.